The monoisotopic (exact) mass is 369 g/mol. The zero-order chi connectivity index (χ0) is 18.9. The van der Waals surface area contributed by atoms with Crippen molar-refractivity contribution in [2.75, 3.05) is 0 Å². The fourth-order valence-corrected chi connectivity index (χ4v) is 4.61. The van der Waals surface area contributed by atoms with Gasteiger partial charge in [0, 0.05) is 16.3 Å². The molecule has 0 saturated carbocycles. The average Bonchev–Trinajstić information content (AvgIpc) is 3.30. The van der Waals surface area contributed by atoms with Crippen LogP contribution in [0.2, 0.25) is 0 Å². The zero-order valence-corrected chi connectivity index (χ0v) is 15.5. The lowest BCUT2D eigenvalue weighted by atomic mass is 10.0. The Balaban J connectivity index is 1.57. The van der Waals surface area contributed by atoms with Crippen LogP contribution in [0.25, 0.3) is 60.4 Å². The van der Waals surface area contributed by atoms with E-state index in [0.29, 0.717) is 0 Å². The largest absolute Gasteiger partial charge is 0.292 e. The van der Waals surface area contributed by atoms with Crippen LogP contribution in [0.3, 0.4) is 0 Å². The molecule has 0 aliphatic carbocycles. The molecule has 0 radical (unpaired) electrons. The van der Waals surface area contributed by atoms with Crippen LogP contribution in [0.5, 0.6) is 0 Å². The van der Waals surface area contributed by atoms with Crippen molar-refractivity contribution < 1.29 is 0 Å². The highest BCUT2D eigenvalue weighted by atomic mass is 15.0. The minimum atomic E-state index is 0.927. The van der Waals surface area contributed by atoms with Crippen molar-refractivity contribution in [3.63, 3.8) is 0 Å². The van der Waals surface area contributed by atoms with E-state index < -0.39 is 0 Å². The molecule has 0 aliphatic heterocycles. The molecule has 0 aliphatic rings. The molecule has 29 heavy (non-hydrogen) atoms. The summed E-state index contributed by atoms with van der Waals surface area (Å²) in [5.74, 6) is 0. The maximum Gasteiger partial charge on any atom is 0.146 e. The van der Waals surface area contributed by atoms with E-state index in [1.807, 2.05) is 6.20 Å². The second-order valence-electron chi connectivity index (χ2n) is 7.57. The summed E-state index contributed by atoms with van der Waals surface area (Å²) in [5, 5.41) is 6.19. The summed E-state index contributed by atoms with van der Waals surface area (Å²) in [5.41, 5.74) is 6.32. The molecule has 0 atom stereocenters. The highest BCUT2D eigenvalue weighted by Gasteiger charge is 2.16. The van der Waals surface area contributed by atoms with E-state index in [9.17, 15) is 0 Å². The number of rotatable bonds is 1. The van der Waals surface area contributed by atoms with Gasteiger partial charge in [0.05, 0.1) is 22.9 Å². The fraction of sp³-hybridized carbons (Fsp3) is 0. The van der Waals surface area contributed by atoms with E-state index in [4.69, 9.17) is 9.97 Å². The molecule has 7 rings (SSSR count). The molecule has 3 heterocycles. The molecule has 0 N–H and O–H groups in total. The highest BCUT2D eigenvalue weighted by molar-refractivity contribution is 6.17. The predicted molar refractivity (Wildman–Crippen MR) is 120 cm³/mol. The smallest absolute Gasteiger partial charge is 0.146 e. The number of aromatic nitrogens is 3. The van der Waals surface area contributed by atoms with Crippen molar-refractivity contribution in [2.45, 2.75) is 0 Å². The minimum absolute atomic E-state index is 0.927. The van der Waals surface area contributed by atoms with Gasteiger partial charge in [-0.1, -0.05) is 66.7 Å². The quantitative estimate of drug-likeness (QED) is 0.333. The number of hydrogen-bond acceptors (Lipinski definition) is 2. The van der Waals surface area contributed by atoms with Crippen molar-refractivity contribution in [1.29, 1.82) is 0 Å². The number of fused-ring (bicyclic) bond motifs is 6. The zero-order valence-electron chi connectivity index (χ0n) is 15.5. The summed E-state index contributed by atoms with van der Waals surface area (Å²) >= 11 is 0. The maximum absolute atomic E-state index is 4.92. The summed E-state index contributed by atoms with van der Waals surface area (Å²) in [6.45, 7) is 0. The molecule has 0 saturated heterocycles. The van der Waals surface area contributed by atoms with Crippen molar-refractivity contribution in [3.05, 3.63) is 91.1 Å². The molecular weight excluding hydrogens is 354 g/mol. The van der Waals surface area contributed by atoms with Crippen molar-refractivity contribution in [2.24, 2.45) is 0 Å². The van der Waals surface area contributed by atoms with Gasteiger partial charge in [0.2, 0.25) is 0 Å². The van der Waals surface area contributed by atoms with Crippen molar-refractivity contribution >= 4 is 49.1 Å². The Hall–Kier alpha value is -3.98. The molecule has 3 heteroatoms. The van der Waals surface area contributed by atoms with Gasteiger partial charge in [-0.25, -0.2) is 4.98 Å². The van der Waals surface area contributed by atoms with Gasteiger partial charge in [0.15, 0.2) is 0 Å². The van der Waals surface area contributed by atoms with Crippen LogP contribution >= 0.6 is 0 Å². The van der Waals surface area contributed by atoms with E-state index in [-0.39, 0.29) is 0 Å². The first kappa shape index (κ1) is 15.0. The first-order valence-electron chi connectivity index (χ1n) is 9.77. The minimum Gasteiger partial charge on any atom is -0.292 e. The Morgan fingerprint density at radius 3 is 2.41 bits per heavy atom. The van der Waals surface area contributed by atoms with Gasteiger partial charge in [-0.3, -0.25) is 9.38 Å². The van der Waals surface area contributed by atoms with E-state index >= 15 is 0 Å². The van der Waals surface area contributed by atoms with Gasteiger partial charge < -0.3 is 0 Å². The molecule has 0 spiro atoms. The fourth-order valence-electron chi connectivity index (χ4n) is 4.61. The van der Waals surface area contributed by atoms with Gasteiger partial charge in [-0.15, -0.1) is 0 Å². The third kappa shape index (κ3) is 1.96. The van der Waals surface area contributed by atoms with Crippen molar-refractivity contribution in [3.8, 4) is 11.3 Å². The summed E-state index contributed by atoms with van der Waals surface area (Å²) in [4.78, 5) is 9.64. The van der Waals surface area contributed by atoms with Gasteiger partial charge in [0.1, 0.15) is 11.2 Å². The lowest BCUT2D eigenvalue weighted by Gasteiger charge is -2.04. The van der Waals surface area contributed by atoms with Gasteiger partial charge in [-0.2, -0.15) is 0 Å². The predicted octanol–water partition coefficient (Wildman–Crippen LogP) is 6.45. The summed E-state index contributed by atoms with van der Waals surface area (Å²) < 4.78 is 2.28. The molecule has 0 unspecified atom stereocenters. The lowest BCUT2D eigenvalue weighted by Crippen LogP contribution is -1.86. The average molecular weight is 369 g/mol. The normalized spacial score (nSPS) is 12.1. The van der Waals surface area contributed by atoms with E-state index in [1.165, 1.54) is 32.4 Å². The maximum atomic E-state index is 4.92. The van der Waals surface area contributed by atoms with E-state index in [1.54, 1.807) is 0 Å². The number of nitrogens with zero attached hydrogens (tertiary/aromatic N) is 3. The van der Waals surface area contributed by atoms with Crippen LogP contribution in [0.4, 0.5) is 0 Å². The first-order chi connectivity index (χ1) is 14.4. The van der Waals surface area contributed by atoms with Crippen LogP contribution in [-0.2, 0) is 0 Å². The number of imidazole rings is 1. The summed E-state index contributed by atoms with van der Waals surface area (Å²) in [6.07, 6.45) is 1.90. The summed E-state index contributed by atoms with van der Waals surface area (Å²) in [6, 6.07) is 30.0. The van der Waals surface area contributed by atoms with Crippen LogP contribution in [0.15, 0.2) is 91.1 Å². The molecule has 3 nitrogen and oxygen atoms in total. The van der Waals surface area contributed by atoms with Crippen LogP contribution in [0, 0.1) is 0 Å². The van der Waals surface area contributed by atoms with Crippen molar-refractivity contribution in [1.82, 2.24) is 14.4 Å². The number of hydrogen-bond donors (Lipinski definition) is 0. The standard InChI is InChI=1S/C26H15N3/c1-2-6-18-13-19(12-11-16(18)5-1)21-14-24-22(15-27-21)28-26-20-9-3-7-17-8-4-10-23(25(17)20)29(24)26/h1-15H. The Kier molecular flexibility index (Phi) is 2.74. The number of benzene rings is 4. The van der Waals surface area contributed by atoms with Gasteiger partial charge in [-0.05, 0) is 34.4 Å². The molecular formula is C26H15N3. The Bertz CT molecular complexity index is 1700. The SMILES string of the molecule is c1ccc2cc(-c3cc4c(cn3)nc3c5cccc6cccc(c65)n43)ccc2c1. The Morgan fingerprint density at radius 1 is 0.655 bits per heavy atom. The van der Waals surface area contributed by atoms with Crippen LogP contribution in [0.1, 0.15) is 0 Å². The van der Waals surface area contributed by atoms with Gasteiger partial charge >= 0.3 is 0 Å². The Morgan fingerprint density at radius 2 is 1.48 bits per heavy atom. The molecule has 3 aromatic heterocycles. The molecule has 0 bridgehead atoms. The Labute approximate surface area is 166 Å². The molecule has 4 aromatic carbocycles. The molecule has 7 aromatic rings. The van der Waals surface area contributed by atoms with E-state index in [2.05, 4.69) is 89.3 Å². The highest BCUT2D eigenvalue weighted by Crippen LogP contribution is 2.35. The lowest BCUT2D eigenvalue weighted by molar-refractivity contribution is 1.32. The van der Waals surface area contributed by atoms with E-state index in [0.717, 1.165) is 27.9 Å². The van der Waals surface area contributed by atoms with Crippen LogP contribution in [-0.4, -0.2) is 14.4 Å². The second kappa shape index (κ2) is 5.30. The topological polar surface area (TPSA) is 30.2 Å². The third-order valence-electron chi connectivity index (χ3n) is 5.95. The molecule has 134 valence electrons. The third-order valence-corrected chi connectivity index (χ3v) is 5.95. The molecule has 0 fully saturated rings. The molecule has 0 amide bonds. The first-order valence-corrected chi connectivity index (χ1v) is 9.77. The van der Waals surface area contributed by atoms with Crippen LogP contribution < -0.4 is 0 Å². The number of pyridine rings is 1. The van der Waals surface area contributed by atoms with Gasteiger partial charge in [0.25, 0.3) is 0 Å². The summed E-state index contributed by atoms with van der Waals surface area (Å²) in [7, 11) is 0. The second-order valence-corrected chi connectivity index (χ2v) is 7.57.